The van der Waals surface area contributed by atoms with Crippen molar-refractivity contribution in [2.45, 2.75) is 52.6 Å². The zero-order chi connectivity index (χ0) is 14.3. The molecule has 108 valence electrons. The summed E-state index contributed by atoms with van der Waals surface area (Å²) in [7, 11) is 2.18. The van der Waals surface area contributed by atoms with Crippen molar-refractivity contribution >= 4 is 0 Å². The number of nitrogens with zero attached hydrogens (tertiary/aromatic N) is 1. The number of benzene rings is 1. The van der Waals surface area contributed by atoms with Gasteiger partial charge in [0.1, 0.15) is 0 Å². The van der Waals surface area contributed by atoms with Crippen LogP contribution in [0.4, 0.5) is 0 Å². The van der Waals surface area contributed by atoms with Crippen LogP contribution in [0.1, 0.15) is 51.2 Å². The quantitative estimate of drug-likeness (QED) is 0.720. The molecule has 1 aromatic carbocycles. The molecule has 0 saturated carbocycles. The highest BCUT2D eigenvalue weighted by Gasteiger charge is 2.07. The van der Waals surface area contributed by atoms with E-state index < -0.39 is 0 Å². The first-order valence-corrected chi connectivity index (χ1v) is 7.54. The molecular formula is C17H30N2. The molecule has 0 heterocycles. The van der Waals surface area contributed by atoms with Gasteiger partial charge in [-0.2, -0.15) is 0 Å². The fourth-order valence-corrected chi connectivity index (χ4v) is 2.04. The third-order valence-electron chi connectivity index (χ3n) is 3.74. The molecule has 0 radical (unpaired) electrons. The summed E-state index contributed by atoms with van der Waals surface area (Å²) >= 11 is 0. The van der Waals surface area contributed by atoms with Crippen LogP contribution in [0.15, 0.2) is 24.3 Å². The van der Waals surface area contributed by atoms with Crippen LogP contribution < -0.4 is 5.32 Å². The van der Waals surface area contributed by atoms with Gasteiger partial charge in [0.05, 0.1) is 0 Å². The van der Waals surface area contributed by atoms with Crippen molar-refractivity contribution in [3.8, 4) is 0 Å². The van der Waals surface area contributed by atoms with E-state index in [0.717, 1.165) is 19.6 Å². The summed E-state index contributed by atoms with van der Waals surface area (Å²) in [4.78, 5) is 2.36. The van der Waals surface area contributed by atoms with Crippen molar-refractivity contribution < 1.29 is 0 Å². The first kappa shape index (κ1) is 16.2. The van der Waals surface area contributed by atoms with Crippen LogP contribution in [-0.2, 0) is 6.54 Å². The van der Waals surface area contributed by atoms with Gasteiger partial charge >= 0.3 is 0 Å². The predicted molar refractivity (Wildman–Crippen MR) is 84.6 cm³/mol. The lowest BCUT2D eigenvalue weighted by Crippen LogP contribution is -2.25. The fourth-order valence-electron chi connectivity index (χ4n) is 2.04. The average molecular weight is 262 g/mol. The standard InChI is InChI=1S/C17H30N2/c1-6-11-18-12-15(4)17-9-7-16(8-10-17)13-19(5)14(2)3/h7-10,14-15,18H,6,11-13H2,1-5H3. The Kier molecular flexibility index (Phi) is 7.11. The van der Waals surface area contributed by atoms with Gasteiger partial charge in [-0.3, -0.25) is 4.90 Å². The number of rotatable bonds is 8. The minimum Gasteiger partial charge on any atom is -0.316 e. The maximum atomic E-state index is 3.49. The van der Waals surface area contributed by atoms with Gasteiger partial charge in [-0.25, -0.2) is 0 Å². The molecule has 0 bridgehead atoms. The Hall–Kier alpha value is -0.860. The zero-order valence-electron chi connectivity index (χ0n) is 13.2. The van der Waals surface area contributed by atoms with Crippen molar-refractivity contribution in [1.29, 1.82) is 0 Å². The topological polar surface area (TPSA) is 15.3 Å². The molecule has 0 fully saturated rings. The van der Waals surface area contributed by atoms with Crippen molar-refractivity contribution in [2.24, 2.45) is 0 Å². The lowest BCUT2D eigenvalue weighted by atomic mass is 9.99. The lowest BCUT2D eigenvalue weighted by Gasteiger charge is -2.21. The first-order valence-electron chi connectivity index (χ1n) is 7.54. The van der Waals surface area contributed by atoms with Gasteiger partial charge in [-0.05, 0) is 50.9 Å². The average Bonchev–Trinajstić information content (AvgIpc) is 2.39. The smallest absolute Gasteiger partial charge is 0.0233 e. The van der Waals surface area contributed by atoms with Crippen molar-refractivity contribution in [2.75, 3.05) is 20.1 Å². The van der Waals surface area contributed by atoms with Crippen molar-refractivity contribution in [1.82, 2.24) is 10.2 Å². The maximum absolute atomic E-state index is 3.49. The third-order valence-corrected chi connectivity index (χ3v) is 3.74. The molecule has 0 saturated heterocycles. The Balaban J connectivity index is 2.51. The van der Waals surface area contributed by atoms with Crippen LogP contribution in [-0.4, -0.2) is 31.1 Å². The molecule has 0 aliphatic rings. The summed E-state index contributed by atoms with van der Waals surface area (Å²) < 4.78 is 0. The van der Waals surface area contributed by atoms with E-state index in [9.17, 15) is 0 Å². The molecule has 0 aromatic heterocycles. The lowest BCUT2D eigenvalue weighted by molar-refractivity contribution is 0.266. The summed E-state index contributed by atoms with van der Waals surface area (Å²) in [6.07, 6.45) is 1.20. The highest BCUT2D eigenvalue weighted by Crippen LogP contribution is 2.16. The predicted octanol–water partition coefficient (Wildman–Crippen LogP) is 3.63. The molecule has 1 atom stereocenters. The summed E-state index contributed by atoms with van der Waals surface area (Å²) in [6, 6.07) is 9.69. The SMILES string of the molecule is CCCNCC(C)c1ccc(CN(C)C(C)C)cc1. The van der Waals surface area contributed by atoms with Gasteiger partial charge in [0.15, 0.2) is 0 Å². The van der Waals surface area contributed by atoms with E-state index in [1.54, 1.807) is 0 Å². The Morgan fingerprint density at radius 1 is 1.11 bits per heavy atom. The van der Waals surface area contributed by atoms with Gasteiger partial charge in [0, 0.05) is 19.1 Å². The van der Waals surface area contributed by atoms with Crippen LogP contribution in [0.2, 0.25) is 0 Å². The zero-order valence-corrected chi connectivity index (χ0v) is 13.2. The molecule has 2 nitrogen and oxygen atoms in total. The molecule has 1 unspecified atom stereocenters. The second-order valence-corrected chi connectivity index (χ2v) is 5.86. The Morgan fingerprint density at radius 3 is 2.26 bits per heavy atom. The van der Waals surface area contributed by atoms with Gasteiger partial charge in [0.25, 0.3) is 0 Å². The van der Waals surface area contributed by atoms with E-state index in [1.165, 1.54) is 17.5 Å². The molecular weight excluding hydrogens is 232 g/mol. The highest BCUT2D eigenvalue weighted by molar-refractivity contribution is 5.25. The summed E-state index contributed by atoms with van der Waals surface area (Å²) in [5.74, 6) is 0.587. The number of nitrogens with one attached hydrogen (secondary N) is 1. The van der Waals surface area contributed by atoms with Crippen LogP contribution in [0.5, 0.6) is 0 Å². The summed E-state index contributed by atoms with van der Waals surface area (Å²) in [5, 5.41) is 3.49. The number of hydrogen-bond acceptors (Lipinski definition) is 2. The summed E-state index contributed by atoms with van der Waals surface area (Å²) in [6.45, 7) is 12.2. The van der Waals surface area contributed by atoms with Crippen LogP contribution in [0.25, 0.3) is 0 Å². The van der Waals surface area contributed by atoms with Crippen LogP contribution >= 0.6 is 0 Å². The maximum Gasteiger partial charge on any atom is 0.0233 e. The molecule has 0 aliphatic heterocycles. The minimum atomic E-state index is 0.587. The van der Waals surface area contributed by atoms with Gasteiger partial charge in [0.2, 0.25) is 0 Å². The largest absolute Gasteiger partial charge is 0.316 e. The van der Waals surface area contributed by atoms with E-state index in [2.05, 4.69) is 69.2 Å². The Bertz CT molecular complexity index is 343. The molecule has 19 heavy (non-hydrogen) atoms. The van der Waals surface area contributed by atoms with E-state index in [-0.39, 0.29) is 0 Å². The Labute approximate surface area is 119 Å². The van der Waals surface area contributed by atoms with Crippen LogP contribution in [0, 0.1) is 0 Å². The molecule has 2 heteroatoms. The molecule has 1 aromatic rings. The normalized spacial score (nSPS) is 13.2. The van der Waals surface area contributed by atoms with E-state index in [1.807, 2.05) is 0 Å². The molecule has 1 rings (SSSR count). The van der Waals surface area contributed by atoms with E-state index in [0.29, 0.717) is 12.0 Å². The van der Waals surface area contributed by atoms with Crippen LogP contribution in [0.3, 0.4) is 0 Å². The van der Waals surface area contributed by atoms with Gasteiger partial charge in [-0.1, -0.05) is 38.1 Å². The second kappa shape index (κ2) is 8.34. The second-order valence-electron chi connectivity index (χ2n) is 5.86. The Morgan fingerprint density at radius 2 is 1.74 bits per heavy atom. The van der Waals surface area contributed by atoms with Gasteiger partial charge < -0.3 is 5.32 Å². The number of hydrogen-bond donors (Lipinski definition) is 1. The minimum absolute atomic E-state index is 0.587. The highest BCUT2D eigenvalue weighted by atomic mass is 15.1. The summed E-state index contributed by atoms with van der Waals surface area (Å²) in [5.41, 5.74) is 2.83. The first-order chi connectivity index (χ1) is 9.04. The fraction of sp³-hybridized carbons (Fsp3) is 0.647. The van der Waals surface area contributed by atoms with Crippen molar-refractivity contribution in [3.05, 3.63) is 35.4 Å². The molecule has 0 spiro atoms. The van der Waals surface area contributed by atoms with E-state index >= 15 is 0 Å². The molecule has 0 amide bonds. The van der Waals surface area contributed by atoms with E-state index in [4.69, 9.17) is 0 Å². The molecule has 1 N–H and O–H groups in total. The van der Waals surface area contributed by atoms with Gasteiger partial charge in [-0.15, -0.1) is 0 Å². The molecule has 0 aliphatic carbocycles. The monoisotopic (exact) mass is 262 g/mol. The third kappa shape index (κ3) is 5.75. The van der Waals surface area contributed by atoms with Crippen molar-refractivity contribution in [3.63, 3.8) is 0 Å².